The zero-order valence-electron chi connectivity index (χ0n) is 11.1. The summed E-state index contributed by atoms with van der Waals surface area (Å²) < 4.78 is 10.9. The Labute approximate surface area is 114 Å². The number of aryl methyl sites for hydroxylation is 1. The monoisotopic (exact) mass is 257 g/mol. The minimum absolute atomic E-state index is 0.681. The van der Waals surface area contributed by atoms with Crippen LogP contribution in [0.2, 0.25) is 0 Å². The van der Waals surface area contributed by atoms with Crippen LogP contribution in [0.25, 0.3) is 0 Å². The molecular weight excluding hydrogens is 238 g/mol. The first-order valence-corrected chi connectivity index (χ1v) is 6.39. The molecule has 0 spiro atoms. The van der Waals surface area contributed by atoms with Gasteiger partial charge in [-0.1, -0.05) is 18.2 Å². The van der Waals surface area contributed by atoms with Gasteiger partial charge in [-0.15, -0.1) is 0 Å². The van der Waals surface area contributed by atoms with Crippen molar-refractivity contribution in [2.24, 2.45) is 0 Å². The number of hydrogen-bond acceptors (Lipinski definition) is 3. The van der Waals surface area contributed by atoms with Gasteiger partial charge in [0.15, 0.2) is 0 Å². The first-order valence-electron chi connectivity index (χ1n) is 6.39. The fraction of sp³-hybridized carbons (Fsp3) is 0.250. The molecule has 0 amide bonds. The van der Waals surface area contributed by atoms with Gasteiger partial charge in [-0.2, -0.15) is 0 Å². The predicted octanol–water partition coefficient (Wildman–Crippen LogP) is 3.29. The smallest absolute Gasteiger partial charge is 0.121 e. The van der Waals surface area contributed by atoms with Crippen molar-refractivity contribution >= 4 is 5.69 Å². The molecule has 2 aromatic carbocycles. The van der Waals surface area contributed by atoms with Crippen molar-refractivity contribution in [2.75, 3.05) is 19.5 Å². The van der Waals surface area contributed by atoms with Crippen molar-refractivity contribution in [3.63, 3.8) is 0 Å². The summed E-state index contributed by atoms with van der Waals surface area (Å²) in [5.74, 6) is 1.72. The van der Waals surface area contributed by atoms with E-state index in [4.69, 9.17) is 15.2 Å². The van der Waals surface area contributed by atoms with Crippen LogP contribution in [0.5, 0.6) is 11.5 Å². The van der Waals surface area contributed by atoms with Crippen LogP contribution in [0.15, 0.2) is 48.5 Å². The van der Waals surface area contributed by atoms with E-state index in [0.717, 1.165) is 30.0 Å². The lowest BCUT2D eigenvalue weighted by atomic mass is 10.1. The Kier molecular flexibility index (Phi) is 4.67. The van der Waals surface area contributed by atoms with Crippen LogP contribution in [-0.2, 0) is 6.42 Å². The topological polar surface area (TPSA) is 44.5 Å². The molecule has 3 nitrogen and oxygen atoms in total. The van der Waals surface area contributed by atoms with E-state index in [1.54, 1.807) is 7.11 Å². The van der Waals surface area contributed by atoms with Gasteiger partial charge >= 0.3 is 0 Å². The number of nitrogens with two attached hydrogens (primary N) is 1. The van der Waals surface area contributed by atoms with Crippen LogP contribution in [-0.4, -0.2) is 13.7 Å². The number of rotatable bonds is 6. The highest BCUT2D eigenvalue weighted by molar-refractivity contribution is 5.43. The summed E-state index contributed by atoms with van der Waals surface area (Å²) in [6.45, 7) is 0.681. The lowest BCUT2D eigenvalue weighted by molar-refractivity contribution is 0.311. The molecule has 0 bridgehead atoms. The third-order valence-electron chi connectivity index (χ3n) is 2.87. The minimum atomic E-state index is 0.681. The Morgan fingerprint density at radius 2 is 1.79 bits per heavy atom. The maximum Gasteiger partial charge on any atom is 0.121 e. The van der Waals surface area contributed by atoms with Gasteiger partial charge in [0.25, 0.3) is 0 Å². The maximum absolute atomic E-state index is 5.69. The normalized spacial score (nSPS) is 10.2. The van der Waals surface area contributed by atoms with Crippen molar-refractivity contribution < 1.29 is 9.47 Å². The van der Waals surface area contributed by atoms with Gasteiger partial charge < -0.3 is 15.2 Å². The van der Waals surface area contributed by atoms with Gasteiger partial charge in [0.1, 0.15) is 11.5 Å². The van der Waals surface area contributed by atoms with Gasteiger partial charge in [-0.05, 0) is 42.7 Å². The van der Waals surface area contributed by atoms with Crippen LogP contribution in [0.4, 0.5) is 5.69 Å². The lowest BCUT2D eigenvalue weighted by Crippen LogP contribution is -2.00. The molecule has 0 aromatic heterocycles. The molecule has 0 fully saturated rings. The Bertz CT molecular complexity index is 526. The quantitative estimate of drug-likeness (QED) is 0.638. The number of nitrogen functional groups attached to an aromatic ring is 1. The van der Waals surface area contributed by atoms with E-state index in [2.05, 4.69) is 12.1 Å². The van der Waals surface area contributed by atoms with Crippen LogP contribution in [0.1, 0.15) is 12.0 Å². The molecule has 0 heterocycles. The van der Waals surface area contributed by atoms with Crippen molar-refractivity contribution in [3.8, 4) is 11.5 Å². The minimum Gasteiger partial charge on any atom is -0.497 e. The van der Waals surface area contributed by atoms with Crippen molar-refractivity contribution in [3.05, 3.63) is 54.1 Å². The molecule has 19 heavy (non-hydrogen) atoms. The Morgan fingerprint density at radius 3 is 2.58 bits per heavy atom. The first-order chi connectivity index (χ1) is 9.28. The summed E-state index contributed by atoms with van der Waals surface area (Å²) in [4.78, 5) is 0. The van der Waals surface area contributed by atoms with E-state index in [1.807, 2.05) is 36.4 Å². The number of ether oxygens (including phenoxy) is 2. The zero-order valence-corrected chi connectivity index (χ0v) is 11.1. The summed E-state index contributed by atoms with van der Waals surface area (Å²) in [6.07, 6.45) is 1.93. The van der Waals surface area contributed by atoms with Crippen molar-refractivity contribution in [2.45, 2.75) is 12.8 Å². The third kappa shape index (κ3) is 4.21. The molecule has 0 unspecified atom stereocenters. The van der Waals surface area contributed by atoms with Crippen molar-refractivity contribution in [1.29, 1.82) is 0 Å². The molecule has 0 aliphatic rings. The third-order valence-corrected chi connectivity index (χ3v) is 2.87. The van der Waals surface area contributed by atoms with Gasteiger partial charge in [-0.25, -0.2) is 0 Å². The Morgan fingerprint density at radius 1 is 1.00 bits per heavy atom. The molecule has 0 aliphatic carbocycles. The van der Waals surface area contributed by atoms with Gasteiger partial charge in [0.2, 0.25) is 0 Å². The molecule has 0 atom stereocenters. The molecule has 0 saturated carbocycles. The highest BCUT2D eigenvalue weighted by Crippen LogP contribution is 2.16. The first kappa shape index (κ1) is 13.3. The summed E-state index contributed by atoms with van der Waals surface area (Å²) >= 11 is 0. The second-order valence-electron chi connectivity index (χ2n) is 4.38. The van der Waals surface area contributed by atoms with Gasteiger partial charge in [0, 0.05) is 11.8 Å². The molecule has 0 aliphatic heterocycles. The van der Waals surface area contributed by atoms with E-state index in [1.165, 1.54) is 5.56 Å². The van der Waals surface area contributed by atoms with Gasteiger partial charge in [-0.3, -0.25) is 0 Å². The molecule has 0 radical (unpaired) electrons. The number of methoxy groups -OCH3 is 1. The molecule has 3 heteroatoms. The van der Waals surface area contributed by atoms with Crippen LogP contribution in [0, 0.1) is 0 Å². The highest BCUT2D eigenvalue weighted by atomic mass is 16.5. The summed E-state index contributed by atoms with van der Waals surface area (Å²) in [5.41, 5.74) is 7.68. The average Bonchev–Trinajstić information content (AvgIpc) is 2.44. The van der Waals surface area contributed by atoms with Crippen LogP contribution < -0.4 is 15.2 Å². The van der Waals surface area contributed by atoms with Crippen LogP contribution >= 0.6 is 0 Å². The zero-order chi connectivity index (χ0) is 13.5. The van der Waals surface area contributed by atoms with Crippen molar-refractivity contribution in [1.82, 2.24) is 0 Å². The fourth-order valence-electron chi connectivity index (χ4n) is 1.90. The standard InChI is InChI=1S/C16H19NO2/c1-18-15-8-2-5-13(11-15)6-4-10-19-16-9-3-7-14(17)12-16/h2-3,5,7-9,11-12H,4,6,10,17H2,1H3. The van der Waals surface area contributed by atoms with E-state index in [0.29, 0.717) is 6.61 Å². The number of hydrogen-bond donors (Lipinski definition) is 1. The molecular formula is C16H19NO2. The molecule has 2 N–H and O–H groups in total. The van der Waals surface area contributed by atoms with E-state index in [9.17, 15) is 0 Å². The summed E-state index contributed by atoms with van der Waals surface area (Å²) in [7, 11) is 1.68. The average molecular weight is 257 g/mol. The molecule has 2 rings (SSSR count). The lowest BCUT2D eigenvalue weighted by Gasteiger charge is -2.07. The highest BCUT2D eigenvalue weighted by Gasteiger charge is 1.98. The Hall–Kier alpha value is -2.16. The Balaban J connectivity index is 1.77. The predicted molar refractivity (Wildman–Crippen MR) is 77.7 cm³/mol. The van der Waals surface area contributed by atoms with E-state index < -0.39 is 0 Å². The van der Waals surface area contributed by atoms with Crippen LogP contribution in [0.3, 0.4) is 0 Å². The van der Waals surface area contributed by atoms with Gasteiger partial charge in [0.05, 0.1) is 13.7 Å². The maximum atomic E-state index is 5.69. The summed E-state index contributed by atoms with van der Waals surface area (Å²) in [5, 5.41) is 0. The van der Waals surface area contributed by atoms with E-state index >= 15 is 0 Å². The second-order valence-corrected chi connectivity index (χ2v) is 4.38. The fourth-order valence-corrected chi connectivity index (χ4v) is 1.90. The molecule has 0 saturated heterocycles. The summed E-state index contributed by atoms with van der Waals surface area (Å²) in [6, 6.07) is 15.6. The molecule has 100 valence electrons. The molecule has 2 aromatic rings. The number of anilines is 1. The largest absolute Gasteiger partial charge is 0.497 e. The van der Waals surface area contributed by atoms with E-state index in [-0.39, 0.29) is 0 Å². The second kappa shape index (κ2) is 6.69. The SMILES string of the molecule is COc1cccc(CCCOc2cccc(N)c2)c1. The number of benzene rings is 2.